The van der Waals surface area contributed by atoms with E-state index >= 15 is 0 Å². The number of carbonyl (C=O) groups is 2. The number of amides is 3. The van der Waals surface area contributed by atoms with E-state index in [0.717, 1.165) is 24.1 Å². The van der Waals surface area contributed by atoms with Crippen LogP contribution in [0.15, 0.2) is 40.5 Å². The molecule has 0 spiro atoms. The number of benzene rings is 1. The average molecular weight is 426 g/mol. The van der Waals surface area contributed by atoms with Gasteiger partial charge in [0, 0.05) is 33.1 Å². The van der Waals surface area contributed by atoms with Crippen molar-refractivity contribution in [2.24, 2.45) is 0 Å². The number of thiophene rings is 1. The normalized spacial score (nSPS) is 13.8. The second kappa shape index (κ2) is 8.66. The first-order valence-electron chi connectivity index (χ1n) is 9.80. The Labute approximate surface area is 177 Å². The van der Waals surface area contributed by atoms with Crippen molar-refractivity contribution in [2.75, 3.05) is 13.6 Å². The number of aromatic nitrogens is 2. The Balaban J connectivity index is 1.34. The third-order valence-electron chi connectivity index (χ3n) is 5.08. The van der Waals surface area contributed by atoms with Gasteiger partial charge in [-0.25, -0.2) is 9.78 Å². The predicted molar refractivity (Wildman–Crippen MR) is 115 cm³/mol. The van der Waals surface area contributed by atoms with E-state index in [1.165, 1.54) is 16.2 Å². The number of rotatable bonds is 6. The van der Waals surface area contributed by atoms with E-state index < -0.39 is 0 Å². The van der Waals surface area contributed by atoms with Gasteiger partial charge < -0.3 is 20.1 Å². The molecule has 2 aromatic heterocycles. The Kier molecular flexibility index (Phi) is 5.80. The zero-order chi connectivity index (χ0) is 21.1. The summed E-state index contributed by atoms with van der Waals surface area (Å²) in [5.74, 6) is 0.642. The molecule has 3 amide bonds. The summed E-state index contributed by atoms with van der Waals surface area (Å²) in [6, 6.07) is 9.41. The van der Waals surface area contributed by atoms with Crippen LogP contribution in [0.3, 0.4) is 0 Å². The monoisotopic (exact) mass is 425 g/mol. The van der Waals surface area contributed by atoms with Crippen molar-refractivity contribution in [3.05, 3.63) is 63.0 Å². The van der Waals surface area contributed by atoms with Crippen LogP contribution in [0.4, 0.5) is 4.79 Å². The number of likely N-dealkylation sites (tertiary alicyclic amines) is 1. The van der Waals surface area contributed by atoms with Gasteiger partial charge in [-0.15, -0.1) is 11.3 Å². The van der Waals surface area contributed by atoms with E-state index in [4.69, 9.17) is 0 Å². The summed E-state index contributed by atoms with van der Waals surface area (Å²) in [5.41, 5.74) is 2.47. The second-order valence-electron chi connectivity index (χ2n) is 7.40. The highest BCUT2D eigenvalue weighted by Crippen LogP contribution is 2.16. The van der Waals surface area contributed by atoms with Crippen LogP contribution in [0.2, 0.25) is 0 Å². The second-order valence-corrected chi connectivity index (χ2v) is 8.32. The fraction of sp³-hybridized carbons (Fsp3) is 0.333. The predicted octanol–water partition coefficient (Wildman–Crippen LogP) is 2.45. The first kappa shape index (κ1) is 20.1. The number of nitrogens with zero attached hydrogens (tertiary/aromatic N) is 3. The summed E-state index contributed by atoms with van der Waals surface area (Å²) >= 11 is 1.34. The molecule has 1 fully saturated rings. The number of nitrogens with one attached hydrogen (secondary N) is 2. The molecule has 9 heteroatoms. The summed E-state index contributed by atoms with van der Waals surface area (Å²) in [6.07, 6.45) is 1.54. The zero-order valence-corrected chi connectivity index (χ0v) is 17.5. The highest BCUT2D eigenvalue weighted by Gasteiger charge is 2.20. The van der Waals surface area contributed by atoms with Crippen LogP contribution in [-0.4, -0.2) is 45.3 Å². The molecule has 1 aromatic carbocycles. The maximum Gasteiger partial charge on any atom is 0.317 e. The molecule has 2 N–H and O–H groups in total. The summed E-state index contributed by atoms with van der Waals surface area (Å²) in [7, 11) is 1.66. The van der Waals surface area contributed by atoms with Gasteiger partial charge in [0.1, 0.15) is 10.5 Å². The van der Waals surface area contributed by atoms with Gasteiger partial charge >= 0.3 is 6.03 Å². The van der Waals surface area contributed by atoms with Crippen molar-refractivity contribution in [3.8, 4) is 0 Å². The maximum absolute atomic E-state index is 12.5. The first-order chi connectivity index (χ1) is 14.5. The van der Waals surface area contributed by atoms with Gasteiger partial charge in [-0.3, -0.25) is 9.59 Å². The van der Waals surface area contributed by atoms with Crippen LogP contribution in [0.1, 0.15) is 29.8 Å². The first-order valence-corrected chi connectivity index (χ1v) is 10.7. The third-order valence-corrected chi connectivity index (χ3v) is 5.98. The molecular weight excluding hydrogens is 402 g/mol. The van der Waals surface area contributed by atoms with Gasteiger partial charge in [-0.05, 0) is 29.0 Å². The van der Waals surface area contributed by atoms with Crippen molar-refractivity contribution >= 4 is 33.5 Å². The Morgan fingerprint density at radius 3 is 2.93 bits per heavy atom. The summed E-state index contributed by atoms with van der Waals surface area (Å²) < 4.78 is 0.585. The van der Waals surface area contributed by atoms with Crippen molar-refractivity contribution in [1.82, 2.24) is 25.1 Å². The summed E-state index contributed by atoms with van der Waals surface area (Å²) in [4.78, 5) is 46.8. The minimum Gasteiger partial charge on any atom is -0.338 e. The Hall–Kier alpha value is -3.20. The Bertz CT molecular complexity index is 1140. The van der Waals surface area contributed by atoms with Gasteiger partial charge in [0.2, 0.25) is 5.91 Å². The van der Waals surface area contributed by atoms with Crippen molar-refractivity contribution in [1.29, 1.82) is 0 Å². The summed E-state index contributed by atoms with van der Waals surface area (Å²) in [6.45, 7) is 1.98. The highest BCUT2D eigenvalue weighted by molar-refractivity contribution is 7.17. The molecule has 0 atom stereocenters. The number of hydrogen-bond acceptors (Lipinski definition) is 5. The van der Waals surface area contributed by atoms with E-state index in [1.54, 1.807) is 13.1 Å². The molecule has 1 aliphatic heterocycles. The standard InChI is InChI=1S/C21H23N5O3S/c1-25(13-17-23-16-7-9-30-19(16)20(28)24-17)21(29)22-11-14-4-2-5-15(10-14)12-26-8-3-6-18(26)27/h2,4-5,7,9-10H,3,6,8,11-13H2,1H3,(H,22,29)(H,23,24,28). The van der Waals surface area contributed by atoms with Crippen LogP contribution in [-0.2, 0) is 24.4 Å². The van der Waals surface area contributed by atoms with Crippen LogP contribution >= 0.6 is 11.3 Å². The lowest BCUT2D eigenvalue weighted by Gasteiger charge is -2.18. The molecule has 4 rings (SSSR count). The number of hydrogen-bond donors (Lipinski definition) is 2. The summed E-state index contributed by atoms with van der Waals surface area (Å²) in [5, 5.41) is 4.70. The van der Waals surface area contributed by atoms with Crippen LogP contribution in [0.25, 0.3) is 10.2 Å². The fourth-order valence-electron chi connectivity index (χ4n) is 3.54. The van der Waals surface area contributed by atoms with Gasteiger partial charge in [0.05, 0.1) is 12.1 Å². The Morgan fingerprint density at radius 1 is 1.30 bits per heavy atom. The van der Waals surface area contributed by atoms with Gasteiger partial charge in [-0.1, -0.05) is 24.3 Å². The van der Waals surface area contributed by atoms with Crippen LogP contribution < -0.4 is 10.9 Å². The molecule has 156 valence electrons. The van der Waals surface area contributed by atoms with Gasteiger partial charge in [0.25, 0.3) is 5.56 Å². The number of aromatic amines is 1. The van der Waals surface area contributed by atoms with E-state index in [2.05, 4.69) is 15.3 Å². The lowest BCUT2D eigenvalue weighted by Crippen LogP contribution is -2.37. The van der Waals surface area contributed by atoms with Crippen LogP contribution in [0.5, 0.6) is 0 Å². The average Bonchev–Trinajstić information content (AvgIpc) is 3.36. The van der Waals surface area contributed by atoms with E-state index in [9.17, 15) is 14.4 Å². The number of H-pyrrole nitrogens is 1. The molecule has 0 aliphatic carbocycles. The number of fused-ring (bicyclic) bond motifs is 1. The molecule has 3 heterocycles. The molecule has 8 nitrogen and oxygen atoms in total. The third kappa shape index (κ3) is 4.51. The lowest BCUT2D eigenvalue weighted by atomic mass is 10.1. The van der Waals surface area contributed by atoms with E-state index in [-0.39, 0.29) is 24.0 Å². The molecule has 1 saturated heterocycles. The topological polar surface area (TPSA) is 98.4 Å². The number of carbonyl (C=O) groups excluding carboxylic acids is 2. The minimum atomic E-state index is -0.261. The fourth-order valence-corrected chi connectivity index (χ4v) is 4.26. The quantitative estimate of drug-likeness (QED) is 0.634. The molecule has 1 aliphatic rings. The lowest BCUT2D eigenvalue weighted by molar-refractivity contribution is -0.128. The zero-order valence-electron chi connectivity index (χ0n) is 16.7. The minimum absolute atomic E-state index is 0.188. The largest absolute Gasteiger partial charge is 0.338 e. The van der Waals surface area contributed by atoms with E-state index in [0.29, 0.717) is 35.6 Å². The molecule has 0 saturated carbocycles. The molecule has 0 radical (unpaired) electrons. The van der Waals surface area contributed by atoms with Gasteiger partial charge in [0.15, 0.2) is 0 Å². The smallest absolute Gasteiger partial charge is 0.317 e. The van der Waals surface area contributed by atoms with Crippen molar-refractivity contribution in [2.45, 2.75) is 32.5 Å². The highest BCUT2D eigenvalue weighted by atomic mass is 32.1. The Morgan fingerprint density at radius 2 is 2.13 bits per heavy atom. The molecule has 30 heavy (non-hydrogen) atoms. The molecule has 3 aromatic rings. The molecular formula is C21H23N5O3S. The number of urea groups is 1. The van der Waals surface area contributed by atoms with Gasteiger partial charge in [-0.2, -0.15) is 0 Å². The van der Waals surface area contributed by atoms with Crippen molar-refractivity contribution in [3.63, 3.8) is 0 Å². The van der Waals surface area contributed by atoms with E-state index in [1.807, 2.05) is 34.5 Å². The molecule has 0 bridgehead atoms. The van der Waals surface area contributed by atoms with Crippen molar-refractivity contribution < 1.29 is 9.59 Å². The maximum atomic E-state index is 12.5. The SMILES string of the molecule is CN(Cc1nc2ccsc2c(=O)[nH]1)C(=O)NCc1cccc(CN2CCCC2=O)c1. The van der Waals surface area contributed by atoms with Crippen LogP contribution in [0, 0.1) is 0 Å². The molecule has 0 unspecified atom stereocenters.